The van der Waals surface area contributed by atoms with E-state index in [0.717, 1.165) is 12.1 Å². The zero-order chi connectivity index (χ0) is 12.8. The molecule has 0 fully saturated rings. The lowest BCUT2D eigenvalue weighted by Gasteiger charge is -2.09. The molecule has 1 rings (SSSR count). The van der Waals surface area contributed by atoms with Crippen LogP contribution in [-0.2, 0) is 6.54 Å². The van der Waals surface area contributed by atoms with Gasteiger partial charge in [-0.2, -0.15) is 4.39 Å². The van der Waals surface area contributed by atoms with E-state index in [9.17, 15) is 14.5 Å². The van der Waals surface area contributed by atoms with Crippen LogP contribution in [0.25, 0.3) is 0 Å². The molecule has 0 radical (unpaired) electrons. The molecule has 1 atom stereocenters. The Morgan fingerprint density at radius 1 is 1.59 bits per heavy atom. The van der Waals surface area contributed by atoms with E-state index < -0.39 is 16.4 Å². The van der Waals surface area contributed by atoms with E-state index >= 15 is 0 Å². The molecule has 0 spiro atoms. The Morgan fingerprint density at radius 2 is 2.29 bits per heavy atom. The molecule has 6 heteroatoms. The second kappa shape index (κ2) is 6.27. The Bertz CT molecular complexity index is 398. The zero-order valence-corrected chi connectivity index (χ0v) is 9.52. The van der Waals surface area contributed by atoms with Gasteiger partial charge in [0.1, 0.15) is 0 Å². The molecule has 0 heterocycles. The van der Waals surface area contributed by atoms with Crippen LogP contribution in [0, 0.1) is 21.8 Å². The summed E-state index contributed by atoms with van der Waals surface area (Å²) >= 11 is 0. The zero-order valence-electron chi connectivity index (χ0n) is 9.52. The molecule has 1 aromatic carbocycles. The van der Waals surface area contributed by atoms with Gasteiger partial charge >= 0.3 is 5.69 Å². The van der Waals surface area contributed by atoms with Gasteiger partial charge in [0.15, 0.2) is 0 Å². The first-order valence-electron chi connectivity index (χ1n) is 5.29. The predicted molar refractivity (Wildman–Crippen MR) is 61.0 cm³/mol. The molecule has 0 saturated heterocycles. The van der Waals surface area contributed by atoms with Gasteiger partial charge in [0, 0.05) is 25.8 Å². The van der Waals surface area contributed by atoms with Crippen molar-refractivity contribution in [2.24, 2.45) is 5.92 Å². The van der Waals surface area contributed by atoms with E-state index in [0.29, 0.717) is 18.7 Å². The Hall–Kier alpha value is -1.53. The summed E-state index contributed by atoms with van der Waals surface area (Å²) in [6.45, 7) is 2.99. The number of hydrogen-bond acceptors (Lipinski definition) is 4. The third kappa shape index (κ3) is 4.08. The first kappa shape index (κ1) is 13.5. The van der Waals surface area contributed by atoms with Crippen LogP contribution in [0.4, 0.5) is 10.1 Å². The van der Waals surface area contributed by atoms with Crippen LogP contribution in [0.1, 0.15) is 12.5 Å². The summed E-state index contributed by atoms with van der Waals surface area (Å²) in [6, 6.07) is 3.81. The number of halogens is 1. The van der Waals surface area contributed by atoms with Gasteiger partial charge in [-0.1, -0.05) is 13.0 Å². The van der Waals surface area contributed by atoms with Gasteiger partial charge in [0.2, 0.25) is 5.82 Å². The number of nitrogens with one attached hydrogen (secondary N) is 1. The average Bonchev–Trinajstić information content (AvgIpc) is 2.28. The number of nitro benzene ring substituents is 1. The van der Waals surface area contributed by atoms with Crippen LogP contribution >= 0.6 is 0 Å². The average molecular weight is 242 g/mol. The molecule has 0 aliphatic rings. The van der Waals surface area contributed by atoms with Gasteiger partial charge < -0.3 is 10.4 Å². The van der Waals surface area contributed by atoms with Crippen LogP contribution in [0.15, 0.2) is 18.2 Å². The second-order valence-corrected chi connectivity index (χ2v) is 3.96. The molecule has 0 aliphatic carbocycles. The molecule has 1 aromatic rings. The van der Waals surface area contributed by atoms with E-state index in [4.69, 9.17) is 5.11 Å². The minimum absolute atomic E-state index is 0.0849. The summed E-state index contributed by atoms with van der Waals surface area (Å²) < 4.78 is 13.2. The summed E-state index contributed by atoms with van der Waals surface area (Å²) in [5.74, 6) is -0.706. The molecule has 2 N–H and O–H groups in total. The van der Waals surface area contributed by atoms with Crippen molar-refractivity contribution < 1.29 is 14.4 Å². The standard InChI is InChI=1S/C11H15FN2O3/c1-8(7-15)5-13-6-9-2-3-11(14(16)17)10(12)4-9/h2-4,8,13,15H,5-7H2,1H3. The van der Waals surface area contributed by atoms with Gasteiger partial charge in [0.25, 0.3) is 0 Å². The van der Waals surface area contributed by atoms with Crippen molar-refractivity contribution in [2.45, 2.75) is 13.5 Å². The number of aliphatic hydroxyl groups is 1. The quantitative estimate of drug-likeness (QED) is 0.585. The first-order chi connectivity index (χ1) is 8.04. The van der Waals surface area contributed by atoms with E-state index in [1.165, 1.54) is 6.07 Å². The SMILES string of the molecule is CC(CO)CNCc1ccc([N+](=O)[O-])c(F)c1. The van der Waals surface area contributed by atoms with E-state index in [-0.39, 0.29) is 12.5 Å². The van der Waals surface area contributed by atoms with Crippen molar-refractivity contribution in [1.82, 2.24) is 5.32 Å². The van der Waals surface area contributed by atoms with E-state index in [1.54, 1.807) is 0 Å². The molecular weight excluding hydrogens is 227 g/mol. The van der Waals surface area contributed by atoms with E-state index in [2.05, 4.69) is 5.32 Å². The molecule has 17 heavy (non-hydrogen) atoms. The number of nitrogens with zero attached hydrogens (tertiary/aromatic N) is 1. The van der Waals surface area contributed by atoms with Crippen molar-refractivity contribution in [1.29, 1.82) is 0 Å². The van der Waals surface area contributed by atoms with Crippen molar-refractivity contribution in [3.8, 4) is 0 Å². The van der Waals surface area contributed by atoms with Crippen LogP contribution < -0.4 is 5.32 Å². The Labute approximate surface area is 98.4 Å². The lowest BCUT2D eigenvalue weighted by molar-refractivity contribution is -0.387. The Balaban J connectivity index is 2.56. The third-order valence-electron chi connectivity index (χ3n) is 2.34. The highest BCUT2D eigenvalue weighted by molar-refractivity contribution is 5.34. The molecule has 5 nitrogen and oxygen atoms in total. The Morgan fingerprint density at radius 3 is 2.82 bits per heavy atom. The molecule has 0 amide bonds. The number of benzene rings is 1. The maximum Gasteiger partial charge on any atom is 0.304 e. The summed E-state index contributed by atoms with van der Waals surface area (Å²) in [6.07, 6.45) is 0. The summed E-state index contributed by atoms with van der Waals surface area (Å²) in [7, 11) is 0. The normalized spacial score (nSPS) is 12.4. The minimum atomic E-state index is -0.829. The highest BCUT2D eigenvalue weighted by Crippen LogP contribution is 2.17. The molecule has 0 saturated carbocycles. The van der Waals surface area contributed by atoms with Crippen molar-refractivity contribution in [2.75, 3.05) is 13.2 Å². The van der Waals surface area contributed by atoms with Gasteiger partial charge in [-0.25, -0.2) is 0 Å². The van der Waals surface area contributed by atoms with Crippen molar-refractivity contribution in [3.05, 3.63) is 39.7 Å². The lowest BCUT2D eigenvalue weighted by Crippen LogP contribution is -2.22. The first-order valence-corrected chi connectivity index (χ1v) is 5.29. The fourth-order valence-electron chi connectivity index (χ4n) is 1.34. The molecule has 0 bridgehead atoms. The van der Waals surface area contributed by atoms with Crippen LogP contribution in [0.5, 0.6) is 0 Å². The highest BCUT2D eigenvalue weighted by atomic mass is 19.1. The van der Waals surface area contributed by atoms with Crippen LogP contribution in [0.2, 0.25) is 0 Å². The lowest BCUT2D eigenvalue weighted by atomic mass is 10.1. The van der Waals surface area contributed by atoms with Gasteiger partial charge in [-0.3, -0.25) is 10.1 Å². The molecule has 0 aliphatic heterocycles. The maximum atomic E-state index is 13.2. The third-order valence-corrected chi connectivity index (χ3v) is 2.34. The molecule has 0 aromatic heterocycles. The van der Waals surface area contributed by atoms with Crippen molar-refractivity contribution in [3.63, 3.8) is 0 Å². The fourth-order valence-corrected chi connectivity index (χ4v) is 1.34. The topological polar surface area (TPSA) is 75.4 Å². The van der Waals surface area contributed by atoms with Gasteiger partial charge in [-0.15, -0.1) is 0 Å². The second-order valence-electron chi connectivity index (χ2n) is 3.96. The Kier molecular flexibility index (Phi) is 4.99. The summed E-state index contributed by atoms with van der Waals surface area (Å²) in [4.78, 5) is 9.65. The number of hydrogen-bond donors (Lipinski definition) is 2. The number of rotatable bonds is 6. The van der Waals surface area contributed by atoms with Crippen molar-refractivity contribution >= 4 is 5.69 Å². The molecular formula is C11H15FN2O3. The van der Waals surface area contributed by atoms with Crippen LogP contribution in [0.3, 0.4) is 0 Å². The van der Waals surface area contributed by atoms with Gasteiger partial charge in [0.05, 0.1) is 4.92 Å². The smallest absolute Gasteiger partial charge is 0.304 e. The fraction of sp³-hybridized carbons (Fsp3) is 0.455. The van der Waals surface area contributed by atoms with Gasteiger partial charge in [-0.05, 0) is 17.5 Å². The largest absolute Gasteiger partial charge is 0.396 e. The number of aliphatic hydroxyl groups excluding tert-OH is 1. The molecule has 1 unspecified atom stereocenters. The predicted octanol–water partition coefficient (Wildman–Crippen LogP) is 1.45. The summed E-state index contributed by atoms with van der Waals surface area (Å²) in [5.41, 5.74) is 0.121. The number of nitro groups is 1. The van der Waals surface area contributed by atoms with E-state index in [1.807, 2.05) is 6.92 Å². The summed E-state index contributed by atoms with van der Waals surface area (Å²) in [5, 5.41) is 22.2. The minimum Gasteiger partial charge on any atom is -0.396 e. The molecule has 94 valence electrons. The highest BCUT2D eigenvalue weighted by Gasteiger charge is 2.13. The maximum absolute atomic E-state index is 13.2. The van der Waals surface area contributed by atoms with Crippen LogP contribution in [-0.4, -0.2) is 23.2 Å². The monoisotopic (exact) mass is 242 g/mol.